The average molecular weight is 380 g/mol. The number of hydrogen-bond donors (Lipinski definition) is 1. The third kappa shape index (κ3) is 2.74. The monoisotopic (exact) mass is 380 g/mol. The van der Waals surface area contributed by atoms with Gasteiger partial charge in [-0.25, -0.2) is 9.59 Å². The third-order valence-electron chi connectivity index (χ3n) is 4.62. The van der Waals surface area contributed by atoms with Crippen LogP contribution in [0.4, 0.5) is 0 Å². The lowest BCUT2D eigenvalue weighted by molar-refractivity contribution is 0.0548. The average Bonchev–Trinajstić information content (AvgIpc) is 3.01. The van der Waals surface area contributed by atoms with Gasteiger partial charge in [0.2, 0.25) is 0 Å². The zero-order valence-corrected chi connectivity index (χ0v) is 16.1. The van der Waals surface area contributed by atoms with Crippen LogP contribution < -0.4 is 0 Å². The molecule has 144 valence electrons. The van der Waals surface area contributed by atoms with E-state index in [1.54, 1.807) is 28.8 Å². The van der Waals surface area contributed by atoms with Crippen molar-refractivity contribution in [2.45, 2.75) is 20.4 Å². The highest BCUT2D eigenvalue weighted by Gasteiger charge is 2.33. The Morgan fingerprint density at radius 3 is 2.29 bits per heavy atom. The molecule has 0 fully saturated rings. The molecule has 3 rings (SSSR count). The first-order chi connectivity index (χ1) is 13.4. The second kappa shape index (κ2) is 7.24. The topological polar surface area (TPSA) is 102 Å². The summed E-state index contributed by atoms with van der Waals surface area (Å²) in [4.78, 5) is 25.3. The summed E-state index contributed by atoms with van der Waals surface area (Å²) in [6, 6.07) is 8.97. The van der Waals surface area contributed by atoms with Crippen LogP contribution in [0.5, 0.6) is 5.75 Å². The zero-order chi connectivity index (χ0) is 20.6. The smallest absolute Gasteiger partial charge is 0.355 e. The lowest BCUT2D eigenvalue weighted by Crippen LogP contribution is -2.17. The quantitative estimate of drug-likeness (QED) is 0.694. The Labute approximate surface area is 161 Å². The predicted octanol–water partition coefficient (Wildman–Crippen LogP) is 3.60. The molecule has 0 saturated carbocycles. The Morgan fingerprint density at radius 2 is 1.75 bits per heavy atom. The number of rotatable bonds is 4. The van der Waals surface area contributed by atoms with Gasteiger partial charge in [-0.05, 0) is 5.92 Å². The van der Waals surface area contributed by atoms with Gasteiger partial charge in [0.25, 0.3) is 0 Å². The van der Waals surface area contributed by atoms with Crippen LogP contribution in [-0.2, 0) is 16.0 Å². The molecular formula is C21H20N2O5. The van der Waals surface area contributed by atoms with E-state index in [1.165, 1.54) is 14.2 Å². The largest absolute Gasteiger partial charge is 0.506 e. The summed E-state index contributed by atoms with van der Waals surface area (Å²) < 4.78 is 11.5. The zero-order valence-electron chi connectivity index (χ0n) is 16.1. The number of carbonyl (C=O) groups is 2. The number of methoxy groups -OCH3 is 2. The van der Waals surface area contributed by atoms with E-state index in [4.69, 9.17) is 9.47 Å². The molecule has 0 aliphatic carbocycles. The van der Waals surface area contributed by atoms with Gasteiger partial charge < -0.3 is 19.1 Å². The molecule has 0 radical (unpaired) electrons. The number of ether oxygens (including phenoxy) is 2. The molecule has 7 nitrogen and oxygen atoms in total. The molecule has 7 heteroatoms. The van der Waals surface area contributed by atoms with E-state index in [9.17, 15) is 20.0 Å². The minimum Gasteiger partial charge on any atom is -0.506 e. The predicted molar refractivity (Wildman–Crippen MR) is 103 cm³/mol. The molecule has 0 aliphatic rings. The number of esters is 2. The highest BCUT2D eigenvalue weighted by Crippen LogP contribution is 2.41. The van der Waals surface area contributed by atoms with E-state index in [0.29, 0.717) is 22.8 Å². The molecule has 1 aromatic heterocycles. The molecule has 1 N–H and O–H groups in total. The molecule has 0 amide bonds. The summed E-state index contributed by atoms with van der Waals surface area (Å²) in [6.45, 7) is 4.34. The number of aromatic hydroxyl groups is 1. The Kier molecular flexibility index (Phi) is 4.97. The van der Waals surface area contributed by atoms with Crippen LogP contribution in [0.1, 0.15) is 40.3 Å². The van der Waals surface area contributed by atoms with Crippen LogP contribution in [0.25, 0.3) is 21.7 Å². The lowest BCUT2D eigenvalue weighted by atomic mass is 9.98. The summed E-state index contributed by atoms with van der Waals surface area (Å²) >= 11 is 0. The highest BCUT2D eigenvalue weighted by molar-refractivity contribution is 6.22. The summed E-state index contributed by atoms with van der Waals surface area (Å²) in [5.41, 5.74) is 0.356. The van der Waals surface area contributed by atoms with Crippen molar-refractivity contribution in [3.8, 4) is 11.8 Å². The van der Waals surface area contributed by atoms with Gasteiger partial charge in [0.05, 0.1) is 19.7 Å². The van der Waals surface area contributed by atoms with Crippen molar-refractivity contribution in [1.29, 1.82) is 5.26 Å². The molecule has 0 bridgehead atoms. The van der Waals surface area contributed by atoms with Crippen LogP contribution in [0.15, 0.2) is 24.3 Å². The minimum atomic E-state index is -0.779. The van der Waals surface area contributed by atoms with Gasteiger partial charge >= 0.3 is 11.9 Å². The standard InChI is InChI=1S/C21H20N2O5/c1-11(2)10-23-17-12-7-5-6-8-13(12)19(24)14(9-22)15(17)16(20(25)27-3)18(23)21(26)28-4/h5-8,11,24H,10H2,1-4H3. The normalized spacial score (nSPS) is 11.0. The van der Waals surface area contributed by atoms with E-state index in [-0.39, 0.29) is 33.9 Å². The number of hydrogen-bond acceptors (Lipinski definition) is 6. The summed E-state index contributed by atoms with van der Waals surface area (Å²) in [5, 5.41) is 21.7. The van der Waals surface area contributed by atoms with Crippen LogP contribution in [-0.4, -0.2) is 35.8 Å². The molecule has 3 aromatic rings. The maximum absolute atomic E-state index is 12.7. The summed E-state index contributed by atoms with van der Waals surface area (Å²) in [7, 11) is 2.42. The van der Waals surface area contributed by atoms with Crippen molar-refractivity contribution in [3.63, 3.8) is 0 Å². The number of carbonyl (C=O) groups excluding carboxylic acids is 2. The maximum Gasteiger partial charge on any atom is 0.355 e. The molecule has 2 aromatic carbocycles. The second-order valence-electron chi connectivity index (χ2n) is 6.82. The van der Waals surface area contributed by atoms with Gasteiger partial charge in [0.1, 0.15) is 28.6 Å². The fraction of sp³-hybridized carbons (Fsp3) is 0.286. The molecule has 28 heavy (non-hydrogen) atoms. The van der Waals surface area contributed by atoms with Crippen molar-refractivity contribution >= 4 is 33.6 Å². The Morgan fingerprint density at radius 1 is 1.14 bits per heavy atom. The van der Waals surface area contributed by atoms with Crippen molar-refractivity contribution in [2.24, 2.45) is 5.92 Å². The molecule has 0 unspecified atom stereocenters. The van der Waals surface area contributed by atoms with Crippen LogP contribution >= 0.6 is 0 Å². The van der Waals surface area contributed by atoms with Gasteiger partial charge in [-0.1, -0.05) is 38.1 Å². The first kappa shape index (κ1) is 19.2. The van der Waals surface area contributed by atoms with Crippen LogP contribution in [0, 0.1) is 17.2 Å². The van der Waals surface area contributed by atoms with Gasteiger partial charge in [-0.3, -0.25) is 0 Å². The minimum absolute atomic E-state index is 0.00491. The van der Waals surface area contributed by atoms with Crippen molar-refractivity contribution in [1.82, 2.24) is 4.57 Å². The fourth-order valence-electron chi connectivity index (χ4n) is 3.56. The molecule has 0 aliphatic heterocycles. The number of phenols is 1. The van der Waals surface area contributed by atoms with Crippen LogP contribution in [0.2, 0.25) is 0 Å². The second-order valence-corrected chi connectivity index (χ2v) is 6.82. The van der Waals surface area contributed by atoms with Crippen molar-refractivity contribution in [3.05, 3.63) is 41.1 Å². The van der Waals surface area contributed by atoms with E-state index < -0.39 is 11.9 Å². The molecular weight excluding hydrogens is 360 g/mol. The SMILES string of the molecule is COC(=O)c1c(C(=O)OC)n(CC(C)C)c2c1c(C#N)c(O)c1ccccc12. The van der Waals surface area contributed by atoms with Gasteiger partial charge in [-0.2, -0.15) is 5.26 Å². The first-order valence-electron chi connectivity index (χ1n) is 8.73. The Balaban J connectivity index is 2.71. The number of nitriles is 1. The van der Waals surface area contributed by atoms with Gasteiger partial charge in [-0.15, -0.1) is 0 Å². The maximum atomic E-state index is 12.7. The number of benzene rings is 2. The van der Waals surface area contributed by atoms with Gasteiger partial charge in [0.15, 0.2) is 0 Å². The van der Waals surface area contributed by atoms with E-state index in [0.717, 1.165) is 0 Å². The molecule has 0 saturated heterocycles. The molecule has 0 atom stereocenters. The van der Waals surface area contributed by atoms with Crippen LogP contribution in [0.3, 0.4) is 0 Å². The lowest BCUT2D eigenvalue weighted by Gasteiger charge is -2.14. The summed E-state index contributed by atoms with van der Waals surface area (Å²) in [5.74, 6) is -1.61. The first-order valence-corrected chi connectivity index (χ1v) is 8.73. The Bertz CT molecular complexity index is 1150. The van der Waals surface area contributed by atoms with E-state index in [2.05, 4.69) is 0 Å². The van der Waals surface area contributed by atoms with Crippen molar-refractivity contribution in [2.75, 3.05) is 14.2 Å². The van der Waals surface area contributed by atoms with E-state index in [1.807, 2.05) is 19.9 Å². The number of fused-ring (bicyclic) bond motifs is 3. The van der Waals surface area contributed by atoms with Gasteiger partial charge in [0, 0.05) is 22.7 Å². The molecule has 1 heterocycles. The Hall–Kier alpha value is -3.53. The number of phenolic OH excluding ortho intramolecular Hbond substituents is 1. The molecule has 0 spiro atoms. The third-order valence-corrected chi connectivity index (χ3v) is 4.62. The summed E-state index contributed by atoms with van der Waals surface area (Å²) in [6.07, 6.45) is 0. The number of aromatic nitrogens is 1. The van der Waals surface area contributed by atoms with E-state index >= 15 is 0 Å². The highest BCUT2D eigenvalue weighted by atomic mass is 16.5. The number of nitrogens with zero attached hydrogens (tertiary/aromatic N) is 2. The fourth-order valence-corrected chi connectivity index (χ4v) is 3.56. The van der Waals surface area contributed by atoms with Crippen molar-refractivity contribution < 1.29 is 24.2 Å².